The minimum absolute atomic E-state index is 0.0781. The molecule has 1 aromatic carbocycles. The topological polar surface area (TPSA) is 29.1 Å². The second-order valence-corrected chi connectivity index (χ2v) is 5.07. The van der Waals surface area contributed by atoms with Gasteiger partial charge in [0, 0.05) is 17.0 Å². The largest absolute Gasteiger partial charge is 0.350 e. The van der Waals surface area contributed by atoms with Crippen LogP contribution in [0.3, 0.4) is 0 Å². The van der Waals surface area contributed by atoms with Crippen LogP contribution in [0.15, 0.2) is 18.2 Å². The summed E-state index contributed by atoms with van der Waals surface area (Å²) in [7, 11) is 0. The van der Waals surface area contributed by atoms with Crippen molar-refractivity contribution in [2.75, 3.05) is 0 Å². The molecule has 2 rings (SSSR count). The van der Waals surface area contributed by atoms with Gasteiger partial charge in [-0.25, -0.2) is 4.39 Å². The number of halogens is 2. The molecule has 1 amide bonds. The highest BCUT2D eigenvalue weighted by Gasteiger charge is 2.35. The molecule has 0 bridgehead atoms. The van der Waals surface area contributed by atoms with E-state index in [0.29, 0.717) is 17.9 Å². The first kappa shape index (κ1) is 12.4. The van der Waals surface area contributed by atoms with Crippen molar-refractivity contribution in [2.24, 2.45) is 0 Å². The highest BCUT2D eigenvalue weighted by molar-refractivity contribution is 6.30. The van der Waals surface area contributed by atoms with Gasteiger partial charge in [-0.3, -0.25) is 4.79 Å². The van der Waals surface area contributed by atoms with Crippen molar-refractivity contribution in [2.45, 2.75) is 38.1 Å². The summed E-state index contributed by atoms with van der Waals surface area (Å²) in [6, 6.07) is 4.52. The lowest BCUT2D eigenvalue weighted by molar-refractivity contribution is -0.119. The number of hydrogen-bond acceptors (Lipinski definition) is 1. The Bertz CT molecular complexity index is 429. The van der Waals surface area contributed by atoms with Gasteiger partial charge in [0.2, 0.25) is 5.91 Å². The lowest BCUT2D eigenvalue weighted by Crippen LogP contribution is -2.42. The second kappa shape index (κ2) is 4.65. The number of benzene rings is 1. The average Bonchev–Trinajstić information content (AvgIpc) is 2.59. The molecule has 0 spiro atoms. The molecule has 1 fully saturated rings. The molecule has 2 nitrogen and oxygen atoms in total. The number of hydrogen-bond donors (Lipinski definition) is 1. The summed E-state index contributed by atoms with van der Waals surface area (Å²) in [4.78, 5) is 11.3. The van der Waals surface area contributed by atoms with E-state index in [9.17, 15) is 9.18 Å². The van der Waals surface area contributed by atoms with Crippen molar-refractivity contribution >= 4 is 17.5 Å². The van der Waals surface area contributed by atoms with Crippen LogP contribution >= 0.6 is 11.6 Å². The van der Waals surface area contributed by atoms with Gasteiger partial charge in [-0.2, -0.15) is 0 Å². The zero-order valence-electron chi connectivity index (χ0n) is 9.72. The predicted molar refractivity (Wildman–Crippen MR) is 65.5 cm³/mol. The zero-order valence-corrected chi connectivity index (χ0v) is 10.5. The first-order valence-corrected chi connectivity index (χ1v) is 6.17. The van der Waals surface area contributed by atoms with Crippen molar-refractivity contribution in [3.05, 3.63) is 34.6 Å². The molecule has 0 aliphatic carbocycles. The van der Waals surface area contributed by atoms with Crippen molar-refractivity contribution in [1.29, 1.82) is 0 Å². The smallest absolute Gasteiger partial charge is 0.220 e. The highest BCUT2D eigenvalue weighted by Crippen LogP contribution is 2.29. The van der Waals surface area contributed by atoms with Gasteiger partial charge in [-0.1, -0.05) is 18.5 Å². The van der Waals surface area contributed by atoms with E-state index >= 15 is 0 Å². The van der Waals surface area contributed by atoms with Crippen LogP contribution in [0.25, 0.3) is 0 Å². The summed E-state index contributed by atoms with van der Waals surface area (Å²) in [5.74, 6) is -0.252. The number of carbonyl (C=O) groups excluding carboxylic acids is 1. The van der Waals surface area contributed by atoms with E-state index in [1.165, 1.54) is 12.1 Å². The average molecular weight is 256 g/mol. The molecule has 0 saturated carbocycles. The number of carbonyl (C=O) groups is 1. The molecule has 1 atom stereocenters. The molecule has 1 unspecified atom stereocenters. The Kier molecular flexibility index (Phi) is 3.38. The van der Waals surface area contributed by atoms with Gasteiger partial charge in [0.25, 0.3) is 0 Å². The van der Waals surface area contributed by atoms with Crippen LogP contribution in [0.4, 0.5) is 4.39 Å². The Morgan fingerprint density at radius 3 is 2.76 bits per heavy atom. The molecule has 1 saturated heterocycles. The SMILES string of the molecule is CCC1(Cc2cc(F)cc(Cl)c2)CCC(=O)N1. The van der Waals surface area contributed by atoms with Crippen molar-refractivity contribution in [1.82, 2.24) is 5.32 Å². The third-order valence-corrected chi connectivity index (χ3v) is 3.60. The molecule has 1 N–H and O–H groups in total. The first-order valence-electron chi connectivity index (χ1n) is 5.79. The summed E-state index contributed by atoms with van der Waals surface area (Å²) in [5, 5.41) is 3.40. The summed E-state index contributed by atoms with van der Waals surface area (Å²) < 4.78 is 13.2. The van der Waals surface area contributed by atoms with Gasteiger partial charge in [0.05, 0.1) is 0 Å². The molecular formula is C13H15ClFNO. The van der Waals surface area contributed by atoms with Gasteiger partial charge in [-0.15, -0.1) is 0 Å². The third-order valence-electron chi connectivity index (χ3n) is 3.38. The van der Waals surface area contributed by atoms with E-state index in [4.69, 9.17) is 11.6 Å². The van der Waals surface area contributed by atoms with E-state index < -0.39 is 0 Å². The second-order valence-electron chi connectivity index (χ2n) is 4.64. The maximum atomic E-state index is 13.2. The first-order chi connectivity index (χ1) is 8.03. The summed E-state index contributed by atoms with van der Waals surface area (Å²) in [5.41, 5.74) is 0.604. The van der Waals surface area contributed by atoms with E-state index in [2.05, 4.69) is 5.32 Å². The van der Waals surface area contributed by atoms with Crippen molar-refractivity contribution in [3.63, 3.8) is 0 Å². The van der Waals surface area contributed by atoms with Crippen LogP contribution in [0.2, 0.25) is 5.02 Å². The Morgan fingerprint density at radius 1 is 1.47 bits per heavy atom. The van der Waals surface area contributed by atoms with Crippen molar-refractivity contribution in [3.8, 4) is 0 Å². The third kappa shape index (κ3) is 2.78. The lowest BCUT2D eigenvalue weighted by atomic mass is 9.87. The van der Waals surface area contributed by atoms with E-state index in [1.54, 1.807) is 6.07 Å². The minimum atomic E-state index is -0.330. The summed E-state index contributed by atoms with van der Waals surface area (Å²) in [6.07, 6.45) is 2.83. The molecule has 1 aliphatic rings. The van der Waals surface area contributed by atoms with E-state index in [1.807, 2.05) is 6.92 Å². The maximum Gasteiger partial charge on any atom is 0.220 e. The fourth-order valence-electron chi connectivity index (χ4n) is 2.40. The fraction of sp³-hybridized carbons (Fsp3) is 0.462. The zero-order chi connectivity index (χ0) is 12.5. The van der Waals surface area contributed by atoms with Crippen LogP contribution in [0, 0.1) is 5.82 Å². The van der Waals surface area contributed by atoms with E-state index in [0.717, 1.165) is 18.4 Å². The van der Waals surface area contributed by atoms with Crippen LogP contribution in [0.5, 0.6) is 0 Å². The number of amides is 1. The predicted octanol–water partition coefficient (Wildman–Crippen LogP) is 3.08. The number of nitrogens with one attached hydrogen (secondary N) is 1. The normalized spacial score (nSPS) is 23.8. The quantitative estimate of drug-likeness (QED) is 0.884. The lowest BCUT2D eigenvalue weighted by Gasteiger charge is -2.28. The monoisotopic (exact) mass is 255 g/mol. The minimum Gasteiger partial charge on any atom is -0.350 e. The standard InChI is InChI=1S/C13H15ClFNO/c1-2-13(4-3-12(17)16-13)8-9-5-10(14)7-11(15)6-9/h5-7H,2-4,8H2,1H3,(H,16,17). The Morgan fingerprint density at radius 2 is 2.24 bits per heavy atom. The Labute approximate surface area is 105 Å². The van der Waals surface area contributed by atoms with Gasteiger partial charge in [0.15, 0.2) is 0 Å². The van der Waals surface area contributed by atoms with Crippen LogP contribution in [-0.2, 0) is 11.2 Å². The van der Waals surface area contributed by atoms with Gasteiger partial charge >= 0.3 is 0 Å². The molecular weight excluding hydrogens is 241 g/mol. The Balaban J connectivity index is 2.21. The molecule has 1 aromatic rings. The van der Waals surface area contributed by atoms with Gasteiger partial charge in [-0.05, 0) is 43.0 Å². The summed E-state index contributed by atoms with van der Waals surface area (Å²) >= 11 is 5.83. The molecule has 0 aromatic heterocycles. The molecule has 1 heterocycles. The van der Waals surface area contributed by atoms with Gasteiger partial charge in [0.1, 0.15) is 5.82 Å². The van der Waals surface area contributed by atoms with Crippen molar-refractivity contribution < 1.29 is 9.18 Å². The summed E-state index contributed by atoms with van der Waals surface area (Å²) in [6.45, 7) is 2.03. The molecule has 4 heteroatoms. The molecule has 17 heavy (non-hydrogen) atoms. The maximum absolute atomic E-state index is 13.2. The van der Waals surface area contributed by atoms with Crippen LogP contribution < -0.4 is 5.32 Å². The number of rotatable bonds is 3. The Hall–Kier alpha value is -1.09. The fourth-order valence-corrected chi connectivity index (χ4v) is 2.64. The molecule has 1 aliphatic heterocycles. The molecule has 92 valence electrons. The van der Waals surface area contributed by atoms with Crippen LogP contribution in [0.1, 0.15) is 31.7 Å². The molecule has 0 radical (unpaired) electrons. The van der Waals surface area contributed by atoms with Crippen LogP contribution in [-0.4, -0.2) is 11.4 Å². The van der Waals surface area contributed by atoms with Gasteiger partial charge < -0.3 is 5.32 Å². The highest BCUT2D eigenvalue weighted by atomic mass is 35.5. The van der Waals surface area contributed by atoms with E-state index in [-0.39, 0.29) is 17.3 Å².